The quantitative estimate of drug-likeness (QED) is 0.171. The zero-order valence-electron chi connectivity index (χ0n) is 23.3. The van der Waals surface area contributed by atoms with E-state index in [-0.39, 0.29) is 11.8 Å². The van der Waals surface area contributed by atoms with Crippen LogP contribution in [0, 0.1) is 0 Å². The lowest BCUT2D eigenvalue weighted by Crippen LogP contribution is -2.06. The fourth-order valence-electron chi connectivity index (χ4n) is 5.22. The third kappa shape index (κ3) is 5.81. The number of hydrogen-bond acceptors (Lipinski definition) is 4. The molecule has 0 unspecified atom stereocenters. The summed E-state index contributed by atoms with van der Waals surface area (Å²) in [5, 5.41) is 0. The topological polar surface area (TPSA) is 36.9 Å². The third-order valence-corrected chi connectivity index (χ3v) is 7.40. The van der Waals surface area contributed by atoms with Crippen LogP contribution in [0.5, 0.6) is 23.0 Å². The van der Waals surface area contributed by atoms with Gasteiger partial charge < -0.3 is 18.9 Å². The molecule has 0 amide bonds. The molecule has 0 saturated heterocycles. The Balaban J connectivity index is 1.56. The van der Waals surface area contributed by atoms with E-state index in [1.807, 2.05) is 48.5 Å². The first kappa shape index (κ1) is 26.9. The van der Waals surface area contributed by atoms with Crippen molar-refractivity contribution in [3.05, 3.63) is 155 Å². The maximum absolute atomic E-state index is 5.41. The molecule has 202 valence electrons. The molecule has 5 aromatic rings. The highest BCUT2D eigenvalue weighted by Crippen LogP contribution is 2.37. The molecule has 0 bridgehead atoms. The van der Waals surface area contributed by atoms with E-state index in [1.165, 1.54) is 33.4 Å². The van der Waals surface area contributed by atoms with E-state index >= 15 is 0 Å². The van der Waals surface area contributed by atoms with Crippen molar-refractivity contribution in [1.82, 2.24) is 0 Å². The van der Waals surface area contributed by atoms with Gasteiger partial charge in [-0.15, -0.1) is 0 Å². The first-order valence-corrected chi connectivity index (χ1v) is 13.3. The average Bonchev–Trinajstić information content (AvgIpc) is 3.03. The molecule has 0 aromatic heterocycles. The van der Waals surface area contributed by atoms with Gasteiger partial charge >= 0.3 is 0 Å². The summed E-state index contributed by atoms with van der Waals surface area (Å²) in [5.41, 5.74) is 7.20. The zero-order chi connectivity index (χ0) is 27.9. The van der Waals surface area contributed by atoms with Gasteiger partial charge in [-0.25, -0.2) is 0 Å². The van der Waals surface area contributed by atoms with Crippen molar-refractivity contribution in [2.45, 2.75) is 11.8 Å². The minimum absolute atomic E-state index is 0.0614. The van der Waals surface area contributed by atoms with Crippen LogP contribution < -0.4 is 18.9 Å². The van der Waals surface area contributed by atoms with Crippen LogP contribution in [0.15, 0.2) is 121 Å². The number of methoxy groups -OCH3 is 4. The van der Waals surface area contributed by atoms with E-state index in [0.717, 1.165) is 23.0 Å². The van der Waals surface area contributed by atoms with Gasteiger partial charge in [0.15, 0.2) is 0 Å². The monoisotopic (exact) mass is 530 g/mol. The molecule has 5 aromatic carbocycles. The van der Waals surface area contributed by atoms with E-state index < -0.39 is 0 Å². The van der Waals surface area contributed by atoms with Crippen molar-refractivity contribution < 1.29 is 18.9 Å². The summed E-state index contributed by atoms with van der Waals surface area (Å²) in [6, 6.07) is 42.2. The summed E-state index contributed by atoms with van der Waals surface area (Å²) >= 11 is 0. The summed E-state index contributed by atoms with van der Waals surface area (Å²) in [6.45, 7) is 0. The highest BCUT2D eigenvalue weighted by molar-refractivity contribution is 5.50. The molecule has 0 atom stereocenters. The Morgan fingerprint density at radius 1 is 0.275 bits per heavy atom. The molecule has 0 fully saturated rings. The molecule has 0 spiro atoms. The molecule has 40 heavy (non-hydrogen) atoms. The van der Waals surface area contributed by atoms with E-state index in [1.54, 1.807) is 28.4 Å². The maximum atomic E-state index is 5.41. The Hall–Kier alpha value is -4.70. The maximum Gasteiger partial charge on any atom is 0.118 e. The molecule has 0 heterocycles. The van der Waals surface area contributed by atoms with Crippen LogP contribution in [0.4, 0.5) is 0 Å². The molecule has 0 saturated carbocycles. The minimum Gasteiger partial charge on any atom is -0.497 e. The van der Waals surface area contributed by atoms with Crippen molar-refractivity contribution in [2.24, 2.45) is 0 Å². The molecule has 0 radical (unpaired) electrons. The van der Waals surface area contributed by atoms with Gasteiger partial charge in [0.05, 0.1) is 28.4 Å². The van der Waals surface area contributed by atoms with Crippen LogP contribution in [0.2, 0.25) is 0 Å². The fraction of sp³-hybridized carbons (Fsp3) is 0.167. The van der Waals surface area contributed by atoms with Gasteiger partial charge in [-0.3, -0.25) is 0 Å². The fourth-order valence-corrected chi connectivity index (χ4v) is 5.22. The SMILES string of the molecule is COc1ccc(C(c2ccc(OC)cc2)c2ccc(C(c3ccc(OC)cc3)c3ccc(OC)cc3)cc2)cc1. The molecule has 0 aliphatic carbocycles. The van der Waals surface area contributed by atoms with Crippen molar-refractivity contribution in [3.8, 4) is 23.0 Å². The normalized spacial score (nSPS) is 10.9. The Labute approximate surface area is 236 Å². The van der Waals surface area contributed by atoms with Crippen LogP contribution in [-0.4, -0.2) is 28.4 Å². The first-order valence-electron chi connectivity index (χ1n) is 13.3. The summed E-state index contributed by atoms with van der Waals surface area (Å²) < 4.78 is 21.7. The second-order valence-corrected chi connectivity index (χ2v) is 9.63. The molecule has 0 N–H and O–H groups in total. The van der Waals surface area contributed by atoms with Crippen LogP contribution in [0.3, 0.4) is 0 Å². The van der Waals surface area contributed by atoms with E-state index in [0.29, 0.717) is 0 Å². The van der Waals surface area contributed by atoms with Crippen LogP contribution in [0.1, 0.15) is 45.2 Å². The molecule has 5 rings (SSSR count). The van der Waals surface area contributed by atoms with Crippen molar-refractivity contribution in [1.29, 1.82) is 0 Å². The van der Waals surface area contributed by atoms with Crippen molar-refractivity contribution in [2.75, 3.05) is 28.4 Å². The van der Waals surface area contributed by atoms with E-state index in [2.05, 4.69) is 72.8 Å². The molecular formula is C36H34O4. The number of hydrogen-bond donors (Lipinski definition) is 0. The second-order valence-electron chi connectivity index (χ2n) is 9.63. The van der Waals surface area contributed by atoms with Crippen molar-refractivity contribution >= 4 is 0 Å². The average molecular weight is 531 g/mol. The van der Waals surface area contributed by atoms with Gasteiger partial charge in [-0.1, -0.05) is 72.8 Å². The lowest BCUT2D eigenvalue weighted by atomic mass is 9.81. The van der Waals surface area contributed by atoms with E-state index in [4.69, 9.17) is 18.9 Å². The van der Waals surface area contributed by atoms with Gasteiger partial charge in [0.2, 0.25) is 0 Å². The molecule has 4 nitrogen and oxygen atoms in total. The summed E-state index contributed by atoms with van der Waals surface area (Å²) in [6.07, 6.45) is 0. The van der Waals surface area contributed by atoms with Gasteiger partial charge in [-0.05, 0) is 81.9 Å². The Morgan fingerprint density at radius 3 is 0.575 bits per heavy atom. The van der Waals surface area contributed by atoms with Crippen LogP contribution in [-0.2, 0) is 0 Å². The van der Waals surface area contributed by atoms with Gasteiger partial charge in [-0.2, -0.15) is 0 Å². The standard InChI is InChI=1S/C36H34O4/c1-37-31-17-9-27(10-18-31)35(28-11-19-32(38-2)20-12-28)25-5-7-26(8-6-25)36(29-13-21-33(39-3)22-14-29)30-15-23-34(40-4)24-16-30/h5-24,35-36H,1-4H3. The van der Waals surface area contributed by atoms with E-state index in [9.17, 15) is 0 Å². The number of ether oxygens (including phenoxy) is 4. The van der Waals surface area contributed by atoms with Crippen molar-refractivity contribution in [3.63, 3.8) is 0 Å². The molecule has 0 aliphatic heterocycles. The predicted molar refractivity (Wildman–Crippen MR) is 160 cm³/mol. The van der Waals surface area contributed by atoms with Gasteiger partial charge in [0.25, 0.3) is 0 Å². The third-order valence-electron chi connectivity index (χ3n) is 7.40. The first-order chi connectivity index (χ1) is 19.6. The largest absolute Gasteiger partial charge is 0.497 e. The smallest absolute Gasteiger partial charge is 0.118 e. The highest BCUT2D eigenvalue weighted by atomic mass is 16.5. The second kappa shape index (κ2) is 12.4. The molecule has 4 heteroatoms. The van der Waals surface area contributed by atoms with Crippen LogP contribution in [0.25, 0.3) is 0 Å². The minimum atomic E-state index is 0.0614. The summed E-state index contributed by atoms with van der Waals surface area (Å²) in [7, 11) is 6.76. The number of rotatable bonds is 10. The Morgan fingerprint density at radius 2 is 0.425 bits per heavy atom. The lowest BCUT2D eigenvalue weighted by Gasteiger charge is -2.23. The number of benzene rings is 5. The Kier molecular flexibility index (Phi) is 8.36. The van der Waals surface area contributed by atoms with Crippen LogP contribution >= 0.6 is 0 Å². The van der Waals surface area contributed by atoms with Gasteiger partial charge in [0, 0.05) is 11.8 Å². The predicted octanol–water partition coefficient (Wildman–Crippen LogP) is 8.08. The molecular weight excluding hydrogens is 496 g/mol. The van der Waals surface area contributed by atoms with Gasteiger partial charge in [0.1, 0.15) is 23.0 Å². The molecule has 0 aliphatic rings. The highest BCUT2D eigenvalue weighted by Gasteiger charge is 2.21. The summed E-state index contributed by atoms with van der Waals surface area (Å²) in [5.74, 6) is 3.49. The Bertz CT molecular complexity index is 1280. The summed E-state index contributed by atoms with van der Waals surface area (Å²) in [4.78, 5) is 0. The lowest BCUT2D eigenvalue weighted by molar-refractivity contribution is 0.414. The zero-order valence-corrected chi connectivity index (χ0v) is 23.3.